The maximum absolute atomic E-state index is 12.5. The number of likely N-dealkylation sites (tertiary alicyclic amines) is 1. The van der Waals surface area contributed by atoms with Gasteiger partial charge in [-0.05, 0) is 49.2 Å². The lowest BCUT2D eigenvalue weighted by Gasteiger charge is -2.33. The SMILES string of the molecule is COC(=O)c1cccn1C1CCN(C(=O)CSc2ccc(Cl)cc2)CC1. The van der Waals surface area contributed by atoms with Crippen LogP contribution in [0.15, 0.2) is 47.5 Å². The first-order valence-electron chi connectivity index (χ1n) is 8.50. The molecule has 3 rings (SSSR count). The number of nitrogens with zero attached hydrogens (tertiary/aromatic N) is 2. The van der Waals surface area contributed by atoms with E-state index in [2.05, 4.69) is 0 Å². The van der Waals surface area contributed by atoms with Gasteiger partial charge in [0.2, 0.25) is 5.91 Å². The summed E-state index contributed by atoms with van der Waals surface area (Å²) >= 11 is 7.40. The number of benzene rings is 1. The zero-order valence-electron chi connectivity index (χ0n) is 14.6. The molecule has 0 bridgehead atoms. The molecule has 0 aliphatic carbocycles. The molecule has 7 heteroatoms. The Kier molecular flexibility index (Phi) is 6.27. The average Bonchev–Trinajstić information content (AvgIpc) is 3.16. The fourth-order valence-corrected chi connectivity index (χ4v) is 4.08. The lowest BCUT2D eigenvalue weighted by Crippen LogP contribution is -2.40. The molecule has 2 heterocycles. The number of piperidine rings is 1. The Hall–Kier alpha value is -1.92. The molecule has 138 valence electrons. The number of amides is 1. The van der Waals surface area contributed by atoms with E-state index in [1.807, 2.05) is 46.0 Å². The largest absolute Gasteiger partial charge is 0.464 e. The second kappa shape index (κ2) is 8.64. The molecule has 0 radical (unpaired) electrons. The molecule has 0 saturated carbocycles. The monoisotopic (exact) mass is 392 g/mol. The number of thioether (sulfide) groups is 1. The summed E-state index contributed by atoms with van der Waals surface area (Å²) in [5.41, 5.74) is 0.565. The van der Waals surface area contributed by atoms with Crippen molar-refractivity contribution in [2.45, 2.75) is 23.8 Å². The van der Waals surface area contributed by atoms with E-state index in [-0.39, 0.29) is 17.9 Å². The Balaban J connectivity index is 1.52. The second-order valence-electron chi connectivity index (χ2n) is 6.15. The van der Waals surface area contributed by atoms with Crippen LogP contribution in [-0.4, -0.2) is 47.3 Å². The predicted molar refractivity (Wildman–Crippen MR) is 103 cm³/mol. The van der Waals surface area contributed by atoms with Crippen LogP contribution >= 0.6 is 23.4 Å². The van der Waals surface area contributed by atoms with E-state index in [4.69, 9.17) is 16.3 Å². The Morgan fingerprint density at radius 1 is 1.19 bits per heavy atom. The van der Waals surface area contributed by atoms with Crippen molar-refractivity contribution >= 4 is 35.2 Å². The van der Waals surface area contributed by atoms with Gasteiger partial charge in [-0.15, -0.1) is 11.8 Å². The lowest BCUT2D eigenvalue weighted by atomic mass is 10.0. The van der Waals surface area contributed by atoms with Crippen LogP contribution in [0.5, 0.6) is 0 Å². The zero-order chi connectivity index (χ0) is 18.5. The summed E-state index contributed by atoms with van der Waals surface area (Å²) in [5, 5.41) is 0.694. The van der Waals surface area contributed by atoms with Gasteiger partial charge in [-0.3, -0.25) is 4.79 Å². The molecule has 1 saturated heterocycles. The van der Waals surface area contributed by atoms with Crippen molar-refractivity contribution < 1.29 is 14.3 Å². The molecular weight excluding hydrogens is 372 g/mol. The first-order valence-corrected chi connectivity index (χ1v) is 9.86. The summed E-state index contributed by atoms with van der Waals surface area (Å²) < 4.78 is 6.80. The summed E-state index contributed by atoms with van der Waals surface area (Å²) in [6.45, 7) is 1.40. The number of rotatable bonds is 5. The third-order valence-corrected chi connectivity index (χ3v) is 5.81. The van der Waals surface area contributed by atoms with Gasteiger partial charge in [0.1, 0.15) is 5.69 Å². The highest BCUT2D eigenvalue weighted by Gasteiger charge is 2.26. The number of hydrogen-bond donors (Lipinski definition) is 0. The van der Waals surface area contributed by atoms with Crippen molar-refractivity contribution in [3.8, 4) is 0 Å². The number of aromatic nitrogens is 1. The first-order chi connectivity index (χ1) is 12.6. The summed E-state index contributed by atoms with van der Waals surface area (Å²) in [6, 6.07) is 11.3. The molecule has 1 aromatic heterocycles. The van der Waals surface area contributed by atoms with E-state index in [1.54, 1.807) is 6.07 Å². The van der Waals surface area contributed by atoms with Gasteiger partial charge in [0.05, 0.1) is 12.9 Å². The van der Waals surface area contributed by atoms with Crippen molar-refractivity contribution in [3.63, 3.8) is 0 Å². The van der Waals surface area contributed by atoms with Crippen molar-refractivity contribution in [1.82, 2.24) is 9.47 Å². The third kappa shape index (κ3) is 4.43. The number of halogens is 1. The van der Waals surface area contributed by atoms with Gasteiger partial charge in [0.15, 0.2) is 0 Å². The predicted octanol–water partition coefficient (Wildman–Crippen LogP) is 3.88. The number of ether oxygens (including phenoxy) is 1. The van der Waals surface area contributed by atoms with Crippen LogP contribution in [-0.2, 0) is 9.53 Å². The van der Waals surface area contributed by atoms with Gasteiger partial charge in [-0.1, -0.05) is 11.6 Å². The van der Waals surface area contributed by atoms with E-state index in [1.165, 1.54) is 18.9 Å². The number of carbonyl (C=O) groups excluding carboxylic acids is 2. The Labute approximate surface area is 162 Å². The molecule has 0 atom stereocenters. The molecule has 26 heavy (non-hydrogen) atoms. The molecule has 2 aromatic rings. The molecule has 1 aromatic carbocycles. The minimum absolute atomic E-state index is 0.143. The summed E-state index contributed by atoms with van der Waals surface area (Å²) in [7, 11) is 1.39. The van der Waals surface area contributed by atoms with Crippen LogP contribution < -0.4 is 0 Å². The quantitative estimate of drug-likeness (QED) is 0.572. The molecule has 0 N–H and O–H groups in total. The van der Waals surface area contributed by atoms with Gasteiger partial charge in [0, 0.05) is 35.2 Å². The number of carbonyl (C=O) groups is 2. The highest BCUT2D eigenvalue weighted by Crippen LogP contribution is 2.26. The standard InChI is InChI=1S/C19H21ClN2O3S/c1-25-19(24)17-3-2-10-22(17)15-8-11-21(12-9-15)18(23)13-26-16-6-4-14(20)5-7-16/h2-7,10,15H,8-9,11-13H2,1H3. The Bertz CT molecular complexity index is 767. The molecule has 1 aliphatic rings. The van der Waals surface area contributed by atoms with Crippen molar-refractivity contribution in [1.29, 1.82) is 0 Å². The van der Waals surface area contributed by atoms with Gasteiger partial charge in [0.25, 0.3) is 0 Å². The molecule has 0 unspecified atom stereocenters. The highest BCUT2D eigenvalue weighted by molar-refractivity contribution is 8.00. The normalized spacial score (nSPS) is 15.1. The van der Waals surface area contributed by atoms with Crippen LogP contribution in [0.4, 0.5) is 0 Å². The molecule has 0 spiro atoms. The average molecular weight is 393 g/mol. The van der Waals surface area contributed by atoms with Crippen molar-refractivity contribution in [2.24, 2.45) is 0 Å². The van der Waals surface area contributed by atoms with Crippen molar-refractivity contribution in [3.05, 3.63) is 53.3 Å². The number of hydrogen-bond acceptors (Lipinski definition) is 4. The van der Waals surface area contributed by atoms with E-state index >= 15 is 0 Å². The zero-order valence-corrected chi connectivity index (χ0v) is 16.1. The third-order valence-electron chi connectivity index (χ3n) is 4.56. The summed E-state index contributed by atoms with van der Waals surface area (Å²) in [6.07, 6.45) is 3.57. The number of methoxy groups -OCH3 is 1. The van der Waals surface area contributed by atoms with Gasteiger partial charge < -0.3 is 14.2 Å². The van der Waals surface area contributed by atoms with Crippen molar-refractivity contribution in [2.75, 3.05) is 26.0 Å². The molecule has 5 nitrogen and oxygen atoms in total. The number of esters is 1. The topological polar surface area (TPSA) is 51.5 Å². The van der Waals surface area contributed by atoms with E-state index < -0.39 is 0 Å². The smallest absolute Gasteiger partial charge is 0.354 e. The van der Waals surface area contributed by atoms with E-state index in [0.29, 0.717) is 29.6 Å². The molecular formula is C19H21ClN2O3S. The van der Waals surface area contributed by atoms with E-state index in [9.17, 15) is 9.59 Å². The van der Waals surface area contributed by atoms with Crippen LogP contribution in [0, 0.1) is 0 Å². The first kappa shape index (κ1) is 18.9. The molecule has 1 aliphatic heterocycles. The maximum atomic E-state index is 12.5. The second-order valence-corrected chi connectivity index (χ2v) is 7.63. The minimum atomic E-state index is -0.326. The highest BCUT2D eigenvalue weighted by atomic mass is 35.5. The Morgan fingerprint density at radius 3 is 2.54 bits per heavy atom. The molecule has 1 fully saturated rings. The lowest BCUT2D eigenvalue weighted by molar-refractivity contribution is -0.129. The Morgan fingerprint density at radius 2 is 1.88 bits per heavy atom. The van der Waals surface area contributed by atoms with Crippen LogP contribution in [0.25, 0.3) is 0 Å². The van der Waals surface area contributed by atoms with Gasteiger partial charge in [-0.25, -0.2) is 4.79 Å². The fourth-order valence-electron chi connectivity index (χ4n) is 3.15. The summed E-state index contributed by atoms with van der Waals surface area (Å²) in [4.78, 5) is 27.2. The van der Waals surface area contributed by atoms with Crippen LogP contribution in [0.1, 0.15) is 29.4 Å². The van der Waals surface area contributed by atoms with Crippen LogP contribution in [0.2, 0.25) is 5.02 Å². The fraction of sp³-hybridized carbons (Fsp3) is 0.368. The van der Waals surface area contributed by atoms with Gasteiger partial charge >= 0.3 is 5.97 Å². The van der Waals surface area contributed by atoms with Crippen LogP contribution in [0.3, 0.4) is 0 Å². The minimum Gasteiger partial charge on any atom is -0.464 e. The van der Waals surface area contributed by atoms with Gasteiger partial charge in [-0.2, -0.15) is 0 Å². The van der Waals surface area contributed by atoms with E-state index in [0.717, 1.165) is 17.7 Å². The molecule has 1 amide bonds. The summed E-state index contributed by atoms with van der Waals surface area (Å²) in [5.74, 6) is 0.237. The maximum Gasteiger partial charge on any atom is 0.354 e.